The number of benzene rings is 2. The van der Waals surface area contributed by atoms with Crippen LogP contribution in [0.4, 0.5) is 5.82 Å². The van der Waals surface area contributed by atoms with E-state index in [1.807, 2.05) is 48.7 Å². The maximum atomic E-state index is 12.4. The monoisotopic (exact) mass is 335 g/mol. The molecule has 0 saturated carbocycles. The summed E-state index contributed by atoms with van der Waals surface area (Å²) in [7, 11) is 0. The summed E-state index contributed by atoms with van der Waals surface area (Å²) in [5, 5.41) is 7.20. The lowest BCUT2D eigenvalue weighted by atomic mass is 10.2. The van der Waals surface area contributed by atoms with Crippen LogP contribution >= 0.6 is 0 Å². The minimum Gasteiger partial charge on any atom is -0.493 e. The number of nitrogens with one attached hydrogen (secondary N) is 1. The zero-order valence-corrected chi connectivity index (χ0v) is 14.3. The molecule has 128 valence electrons. The highest BCUT2D eigenvalue weighted by Gasteiger charge is 2.10. The Labute approximate surface area is 147 Å². The number of carbonyl (C=O) groups excluding carboxylic acids is 1. The zero-order valence-electron chi connectivity index (χ0n) is 14.3. The van der Waals surface area contributed by atoms with Gasteiger partial charge in [0.15, 0.2) is 5.82 Å². The van der Waals surface area contributed by atoms with E-state index in [9.17, 15) is 4.79 Å². The van der Waals surface area contributed by atoms with Crippen LogP contribution in [0.1, 0.15) is 24.2 Å². The molecule has 0 fully saturated rings. The van der Waals surface area contributed by atoms with Gasteiger partial charge in [-0.3, -0.25) is 4.79 Å². The molecular formula is C20H21N3O2. The molecule has 3 aromatic rings. The molecule has 0 aliphatic carbocycles. The second-order valence-corrected chi connectivity index (χ2v) is 6.17. The first-order valence-corrected chi connectivity index (χ1v) is 8.27. The van der Waals surface area contributed by atoms with Crippen molar-refractivity contribution in [3.8, 4) is 11.4 Å². The Hall–Kier alpha value is -3.08. The van der Waals surface area contributed by atoms with E-state index in [2.05, 4.69) is 24.3 Å². The van der Waals surface area contributed by atoms with Crippen molar-refractivity contribution in [2.45, 2.75) is 13.8 Å². The standard InChI is InChI=1S/C20H21N3O2/c1-15(2)14-25-18-10-6-7-16(13-18)20(24)21-19-11-12-23(22-19)17-8-4-3-5-9-17/h3-13,15H,14H2,1-2H3,(H,21,22,24). The minimum atomic E-state index is -0.215. The normalized spacial score (nSPS) is 10.7. The van der Waals surface area contributed by atoms with Gasteiger partial charge < -0.3 is 10.1 Å². The van der Waals surface area contributed by atoms with Gasteiger partial charge in [0.1, 0.15) is 5.75 Å². The molecule has 1 N–H and O–H groups in total. The number of hydrogen-bond donors (Lipinski definition) is 1. The van der Waals surface area contributed by atoms with Crippen molar-refractivity contribution >= 4 is 11.7 Å². The molecule has 0 bridgehead atoms. The Morgan fingerprint density at radius 1 is 1.12 bits per heavy atom. The highest BCUT2D eigenvalue weighted by Crippen LogP contribution is 2.16. The smallest absolute Gasteiger partial charge is 0.256 e. The predicted octanol–water partition coefficient (Wildman–Crippen LogP) is 4.16. The van der Waals surface area contributed by atoms with E-state index < -0.39 is 0 Å². The maximum Gasteiger partial charge on any atom is 0.256 e. The van der Waals surface area contributed by atoms with E-state index >= 15 is 0 Å². The molecule has 0 unspecified atom stereocenters. The van der Waals surface area contributed by atoms with E-state index in [0.717, 1.165) is 5.69 Å². The predicted molar refractivity (Wildman–Crippen MR) is 98.3 cm³/mol. The fourth-order valence-corrected chi connectivity index (χ4v) is 2.29. The molecule has 1 aromatic heterocycles. The summed E-state index contributed by atoms with van der Waals surface area (Å²) < 4.78 is 7.39. The molecule has 0 radical (unpaired) electrons. The molecule has 25 heavy (non-hydrogen) atoms. The number of nitrogens with zero attached hydrogens (tertiary/aromatic N) is 2. The van der Waals surface area contributed by atoms with Crippen LogP contribution < -0.4 is 10.1 Å². The summed E-state index contributed by atoms with van der Waals surface area (Å²) in [6.07, 6.45) is 1.81. The fraction of sp³-hybridized carbons (Fsp3) is 0.200. The molecule has 5 heteroatoms. The van der Waals surface area contributed by atoms with E-state index in [0.29, 0.717) is 29.7 Å². The first-order valence-electron chi connectivity index (χ1n) is 8.27. The Morgan fingerprint density at radius 2 is 1.92 bits per heavy atom. The third-order valence-electron chi connectivity index (χ3n) is 3.53. The first-order chi connectivity index (χ1) is 12.1. The molecule has 5 nitrogen and oxygen atoms in total. The van der Waals surface area contributed by atoms with Crippen LogP contribution in [0, 0.1) is 5.92 Å². The molecule has 1 heterocycles. The highest BCUT2D eigenvalue weighted by molar-refractivity contribution is 6.03. The molecule has 1 amide bonds. The maximum absolute atomic E-state index is 12.4. The number of para-hydroxylation sites is 1. The zero-order chi connectivity index (χ0) is 17.6. The van der Waals surface area contributed by atoms with Crippen LogP contribution in [0.2, 0.25) is 0 Å². The second-order valence-electron chi connectivity index (χ2n) is 6.17. The number of aromatic nitrogens is 2. The average molecular weight is 335 g/mol. The van der Waals surface area contributed by atoms with Crippen molar-refractivity contribution < 1.29 is 9.53 Å². The van der Waals surface area contributed by atoms with Crippen LogP contribution in [0.3, 0.4) is 0 Å². The largest absolute Gasteiger partial charge is 0.493 e. The molecule has 0 atom stereocenters. The van der Waals surface area contributed by atoms with Gasteiger partial charge in [-0.2, -0.15) is 5.10 Å². The topological polar surface area (TPSA) is 56.1 Å². The van der Waals surface area contributed by atoms with E-state index in [-0.39, 0.29) is 5.91 Å². The molecule has 0 aliphatic heterocycles. The molecule has 0 saturated heterocycles. The third kappa shape index (κ3) is 4.47. The highest BCUT2D eigenvalue weighted by atomic mass is 16.5. The van der Waals surface area contributed by atoms with E-state index in [1.165, 1.54) is 0 Å². The van der Waals surface area contributed by atoms with Gasteiger partial charge in [0.2, 0.25) is 0 Å². The van der Waals surface area contributed by atoms with Crippen molar-refractivity contribution in [2.24, 2.45) is 5.92 Å². The quantitative estimate of drug-likeness (QED) is 0.736. The van der Waals surface area contributed by atoms with Crippen LogP contribution in [0.25, 0.3) is 5.69 Å². The third-order valence-corrected chi connectivity index (χ3v) is 3.53. The van der Waals surface area contributed by atoms with Crippen molar-refractivity contribution in [1.82, 2.24) is 9.78 Å². The second kappa shape index (κ2) is 7.66. The van der Waals surface area contributed by atoms with Gasteiger partial charge in [0.05, 0.1) is 12.3 Å². The lowest BCUT2D eigenvalue weighted by Crippen LogP contribution is -2.13. The van der Waals surface area contributed by atoms with Gasteiger partial charge in [0.25, 0.3) is 5.91 Å². The Balaban J connectivity index is 1.68. The summed E-state index contributed by atoms with van der Waals surface area (Å²) >= 11 is 0. The van der Waals surface area contributed by atoms with Crippen molar-refractivity contribution in [3.05, 3.63) is 72.4 Å². The van der Waals surface area contributed by atoms with Crippen LogP contribution in [0.15, 0.2) is 66.9 Å². The molecule has 3 rings (SSSR count). The summed E-state index contributed by atoms with van der Waals surface area (Å²) in [4.78, 5) is 12.4. The minimum absolute atomic E-state index is 0.215. The number of rotatable bonds is 6. The fourth-order valence-electron chi connectivity index (χ4n) is 2.29. The van der Waals surface area contributed by atoms with Crippen LogP contribution in [0.5, 0.6) is 5.75 Å². The molecule has 0 aliphatic rings. The lowest BCUT2D eigenvalue weighted by Gasteiger charge is -2.09. The summed E-state index contributed by atoms with van der Waals surface area (Å²) in [5.74, 6) is 1.41. The Kier molecular flexibility index (Phi) is 5.14. The Bertz CT molecular complexity index is 841. The first kappa shape index (κ1) is 16.8. The van der Waals surface area contributed by atoms with Crippen molar-refractivity contribution in [3.63, 3.8) is 0 Å². The van der Waals surface area contributed by atoms with Gasteiger partial charge in [0, 0.05) is 17.8 Å². The van der Waals surface area contributed by atoms with E-state index in [1.54, 1.807) is 22.9 Å². The number of anilines is 1. The van der Waals surface area contributed by atoms with E-state index in [4.69, 9.17) is 4.74 Å². The summed E-state index contributed by atoms with van der Waals surface area (Å²) in [6, 6.07) is 18.7. The van der Waals surface area contributed by atoms with Crippen LogP contribution in [-0.4, -0.2) is 22.3 Å². The van der Waals surface area contributed by atoms with Gasteiger partial charge in [-0.1, -0.05) is 38.1 Å². The SMILES string of the molecule is CC(C)COc1cccc(C(=O)Nc2ccn(-c3ccccc3)n2)c1. The van der Waals surface area contributed by atoms with Crippen LogP contribution in [-0.2, 0) is 0 Å². The lowest BCUT2D eigenvalue weighted by molar-refractivity contribution is 0.102. The van der Waals surface area contributed by atoms with Gasteiger partial charge in [-0.15, -0.1) is 0 Å². The number of carbonyl (C=O) groups is 1. The molecule has 0 spiro atoms. The Morgan fingerprint density at radius 3 is 2.68 bits per heavy atom. The number of hydrogen-bond acceptors (Lipinski definition) is 3. The van der Waals surface area contributed by atoms with Gasteiger partial charge >= 0.3 is 0 Å². The van der Waals surface area contributed by atoms with Gasteiger partial charge in [-0.05, 0) is 36.2 Å². The van der Waals surface area contributed by atoms with Crippen molar-refractivity contribution in [1.29, 1.82) is 0 Å². The number of ether oxygens (including phenoxy) is 1. The average Bonchev–Trinajstić information content (AvgIpc) is 3.09. The summed E-state index contributed by atoms with van der Waals surface area (Å²) in [6.45, 7) is 4.78. The molecule has 2 aromatic carbocycles. The van der Waals surface area contributed by atoms with Crippen molar-refractivity contribution in [2.75, 3.05) is 11.9 Å². The van der Waals surface area contributed by atoms with Gasteiger partial charge in [-0.25, -0.2) is 4.68 Å². The number of amides is 1. The molecular weight excluding hydrogens is 314 g/mol. The summed E-state index contributed by atoms with van der Waals surface area (Å²) in [5.41, 5.74) is 1.47.